The van der Waals surface area contributed by atoms with Crippen LogP contribution in [-0.4, -0.2) is 75.3 Å². The quantitative estimate of drug-likeness (QED) is 0.569. The van der Waals surface area contributed by atoms with Crippen LogP contribution < -0.4 is 5.32 Å². The van der Waals surface area contributed by atoms with Crippen LogP contribution in [0.5, 0.6) is 0 Å². The molecule has 0 aromatic heterocycles. The predicted octanol–water partition coefficient (Wildman–Crippen LogP) is -0.0583. The monoisotopic (exact) mass is 260 g/mol. The Morgan fingerprint density at radius 3 is 2.72 bits per heavy atom. The first kappa shape index (κ1) is 15.9. The standard InChI is InChI=1S/C13H28N2O3/c1-12(2)11-18-6-3-14-9-13(16)10-15-4-7-17-8-5-15/h12-14,16H,3-11H2,1-2H3. The summed E-state index contributed by atoms with van der Waals surface area (Å²) in [6.45, 7) is 11.4. The van der Waals surface area contributed by atoms with Crippen LogP contribution in [0.4, 0.5) is 0 Å². The minimum atomic E-state index is -0.312. The molecule has 0 saturated carbocycles. The lowest BCUT2D eigenvalue weighted by Gasteiger charge is -2.28. The van der Waals surface area contributed by atoms with E-state index in [4.69, 9.17) is 9.47 Å². The van der Waals surface area contributed by atoms with Gasteiger partial charge in [0.2, 0.25) is 0 Å². The zero-order valence-corrected chi connectivity index (χ0v) is 11.7. The Hall–Kier alpha value is -0.200. The number of β-amino-alcohol motifs (C(OH)–C–C–N with tert-alkyl or cyclic N) is 1. The van der Waals surface area contributed by atoms with Crippen molar-refractivity contribution in [1.82, 2.24) is 10.2 Å². The molecule has 1 aliphatic heterocycles. The minimum Gasteiger partial charge on any atom is -0.390 e. The van der Waals surface area contributed by atoms with Gasteiger partial charge in [0.1, 0.15) is 0 Å². The first-order valence-corrected chi connectivity index (χ1v) is 6.95. The summed E-state index contributed by atoms with van der Waals surface area (Å²) in [4.78, 5) is 2.24. The van der Waals surface area contributed by atoms with Gasteiger partial charge in [0.25, 0.3) is 0 Å². The smallest absolute Gasteiger partial charge is 0.0791 e. The van der Waals surface area contributed by atoms with Crippen LogP contribution in [0.15, 0.2) is 0 Å². The van der Waals surface area contributed by atoms with E-state index in [-0.39, 0.29) is 6.10 Å². The summed E-state index contributed by atoms with van der Waals surface area (Å²) in [5, 5.41) is 13.1. The molecule has 1 aliphatic rings. The van der Waals surface area contributed by atoms with Crippen molar-refractivity contribution in [1.29, 1.82) is 0 Å². The Morgan fingerprint density at radius 2 is 2.06 bits per heavy atom. The number of morpholine rings is 1. The maximum Gasteiger partial charge on any atom is 0.0791 e. The molecule has 1 unspecified atom stereocenters. The highest BCUT2D eigenvalue weighted by Crippen LogP contribution is 1.98. The van der Waals surface area contributed by atoms with E-state index < -0.39 is 0 Å². The van der Waals surface area contributed by atoms with Gasteiger partial charge in [-0.2, -0.15) is 0 Å². The second-order valence-corrected chi connectivity index (χ2v) is 5.24. The number of nitrogens with one attached hydrogen (secondary N) is 1. The molecule has 1 fully saturated rings. The molecular weight excluding hydrogens is 232 g/mol. The van der Waals surface area contributed by atoms with E-state index in [2.05, 4.69) is 24.1 Å². The Morgan fingerprint density at radius 1 is 1.33 bits per heavy atom. The lowest BCUT2D eigenvalue weighted by atomic mass is 10.2. The third kappa shape index (κ3) is 8.00. The van der Waals surface area contributed by atoms with Gasteiger partial charge < -0.3 is 19.9 Å². The van der Waals surface area contributed by atoms with Crippen LogP contribution in [0.2, 0.25) is 0 Å². The number of aliphatic hydroxyl groups excluding tert-OH is 1. The molecule has 5 nitrogen and oxygen atoms in total. The van der Waals surface area contributed by atoms with Gasteiger partial charge in [-0.1, -0.05) is 13.8 Å². The van der Waals surface area contributed by atoms with E-state index >= 15 is 0 Å². The lowest BCUT2D eigenvalue weighted by Crippen LogP contribution is -2.44. The number of ether oxygens (including phenoxy) is 2. The maximum atomic E-state index is 9.86. The average molecular weight is 260 g/mol. The Bertz CT molecular complexity index is 197. The first-order valence-electron chi connectivity index (χ1n) is 6.95. The van der Waals surface area contributed by atoms with E-state index in [1.54, 1.807) is 0 Å². The molecule has 5 heteroatoms. The highest BCUT2D eigenvalue weighted by atomic mass is 16.5. The summed E-state index contributed by atoms with van der Waals surface area (Å²) in [5.41, 5.74) is 0. The van der Waals surface area contributed by atoms with Gasteiger partial charge in [0, 0.05) is 39.3 Å². The van der Waals surface area contributed by atoms with Gasteiger partial charge >= 0.3 is 0 Å². The zero-order valence-electron chi connectivity index (χ0n) is 11.7. The molecule has 0 aromatic rings. The fraction of sp³-hybridized carbons (Fsp3) is 1.00. The number of nitrogens with zero attached hydrogens (tertiary/aromatic N) is 1. The summed E-state index contributed by atoms with van der Waals surface area (Å²) in [6.07, 6.45) is -0.312. The van der Waals surface area contributed by atoms with Crippen LogP contribution in [0.25, 0.3) is 0 Å². The van der Waals surface area contributed by atoms with E-state index in [1.165, 1.54) is 0 Å². The molecule has 18 heavy (non-hydrogen) atoms. The van der Waals surface area contributed by atoms with Gasteiger partial charge in [-0.15, -0.1) is 0 Å². The van der Waals surface area contributed by atoms with E-state index in [0.717, 1.165) is 46.0 Å². The van der Waals surface area contributed by atoms with Crippen molar-refractivity contribution >= 4 is 0 Å². The van der Waals surface area contributed by atoms with Crippen molar-refractivity contribution < 1.29 is 14.6 Å². The van der Waals surface area contributed by atoms with E-state index in [0.29, 0.717) is 19.1 Å². The summed E-state index contributed by atoms with van der Waals surface area (Å²) < 4.78 is 10.7. The number of hydrogen-bond donors (Lipinski definition) is 2. The van der Waals surface area contributed by atoms with Crippen LogP contribution in [-0.2, 0) is 9.47 Å². The van der Waals surface area contributed by atoms with Crippen LogP contribution >= 0.6 is 0 Å². The van der Waals surface area contributed by atoms with Crippen molar-refractivity contribution in [2.24, 2.45) is 5.92 Å². The lowest BCUT2D eigenvalue weighted by molar-refractivity contribution is 0.0145. The van der Waals surface area contributed by atoms with Gasteiger partial charge in [0.15, 0.2) is 0 Å². The molecule has 0 spiro atoms. The van der Waals surface area contributed by atoms with Gasteiger partial charge in [-0.05, 0) is 5.92 Å². The molecule has 0 bridgehead atoms. The minimum absolute atomic E-state index is 0.312. The largest absolute Gasteiger partial charge is 0.390 e. The Labute approximate surface area is 110 Å². The van der Waals surface area contributed by atoms with Crippen molar-refractivity contribution in [2.75, 3.05) is 59.2 Å². The topological polar surface area (TPSA) is 54.0 Å². The summed E-state index contributed by atoms with van der Waals surface area (Å²) in [5.74, 6) is 0.580. The van der Waals surface area contributed by atoms with Gasteiger partial charge in [0.05, 0.1) is 25.9 Å². The van der Waals surface area contributed by atoms with Crippen molar-refractivity contribution in [3.63, 3.8) is 0 Å². The van der Waals surface area contributed by atoms with Gasteiger partial charge in [-0.25, -0.2) is 0 Å². The number of aliphatic hydroxyl groups is 1. The molecule has 0 radical (unpaired) electrons. The fourth-order valence-electron chi connectivity index (χ4n) is 1.88. The third-order valence-electron chi connectivity index (χ3n) is 2.83. The van der Waals surface area contributed by atoms with Gasteiger partial charge in [-0.3, -0.25) is 4.90 Å². The first-order chi connectivity index (χ1) is 8.68. The van der Waals surface area contributed by atoms with Crippen LogP contribution in [0.3, 0.4) is 0 Å². The Kier molecular flexibility index (Phi) is 8.54. The van der Waals surface area contributed by atoms with Crippen molar-refractivity contribution in [3.8, 4) is 0 Å². The molecule has 0 aromatic carbocycles. The fourth-order valence-corrected chi connectivity index (χ4v) is 1.88. The molecule has 108 valence electrons. The zero-order chi connectivity index (χ0) is 13.2. The summed E-state index contributed by atoms with van der Waals surface area (Å²) >= 11 is 0. The highest BCUT2D eigenvalue weighted by molar-refractivity contribution is 4.69. The molecular formula is C13H28N2O3. The van der Waals surface area contributed by atoms with Crippen LogP contribution in [0.1, 0.15) is 13.8 Å². The average Bonchev–Trinajstić information content (AvgIpc) is 2.34. The predicted molar refractivity (Wildman–Crippen MR) is 71.8 cm³/mol. The third-order valence-corrected chi connectivity index (χ3v) is 2.83. The summed E-state index contributed by atoms with van der Waals surface area (Å²) in [7, 11) is 0. The molecule has 1 saturated heterocycles. The maximum absolute atomic E-state index is 9.86. The SMILES string of the molecule is CC(C)COCCNCC(O)CN1CCOCC1. The van der Waals surface area contributed by atoms with Crippen molar-refractivity contribution in [2.45, 2.75) is 20.0 Å². The Balaban J connectivity index is 1.91. The molecule has 1 rings (SSSR count). The second-order valence-electron chi connectivity index (χ2n) is 5.24. The number of rotatable bonds is 9. The van der Waals surface area contributed by atoms with Crippen molar-refractivity contribution in [3.05, 3.63) is 0 Å². The second kappa shape index (κ2) is 9.69. The molecule has 0 amide bonds. The number of hydrogen-bond acceptors (Lipinski definition) is 5. The van der Waals surface area contributed by atoms with E-state index in [1.807, 2.05) is 0 Å². The molecule has 1 heterocycles. The molecule has 0 aliphatic carbocycles. The molecule has 1 atom stereocenters. The molecule has 2 N–H and O–H groups in total. The summed E-state index contributed by atoms with van der Waals surface area (Å²) in [6, 6.07) is 0. The van der Waals surface area contributed by atoms with Crippen LogP contribution in [0, 0.1) is 5.92 Å². The highest BCUT2D eigenvalue weighted by Gasteiger charge is 2.14. The normalized spacial score (nSPS) is 19.3. The van der Waals surface area contributed by atoms with E-state index in [9.17, 15) is 5.11 Å².